The molecule has 0 aliphatic carbocycles. The van der Waals surface area contributed by atoms with Gasteiger partial charge < -0.3 is 20.8 Å². The van der Waals surface area contributed by atoms with Crippen LogP contribution in [-0.2, 0) is 14.4 Å². The number of carboxylic acid groups (broad SMARTS) is 1. The van der Waals surface area contributed by atoms with Crippen LogP contribution >= 0.6 is 0 Å². The predicted octanol–water partition coefficient (Wildman–Crippen LogP) is 1.34. The number of amides is 2. The molecular formula is C17H30N2O5. The van der Waals surface area contributed by atoms with E-state index in [-0.39, 0.29) is 12.5 Å². The van der Waals surface area contributed by atoms with Gasteiger partial charge in [0.25, 0.3) is 0 Å². The lowest BCUT2D eigenvalue weighted by atomic mass is 10.0. The molecule has 24 heavy (non-hydrogen) atoms. The van der Waals surface area contributed by atoms with E-state index >= 15 is 0 Å². The van der Waals surface area contributed by atoms with E-state index in [0.717, 1.165) is 44.9 Å². The molecule has 0 aromatic rings. The van der Waals surface area contributed by atoms with Gasteiger partial charge in [-0.3, -0.25) is 14.4 Å². The molecule has 0 aromatic heterocycles. The van der Waals surface area contributed by atoms with Gasteiger partial charge in [-0.25, -0.2) is 0 Å². The fraction of sp³-hybridized carbons (Fsp3) is 0.824. The number of aliphatic hydroxyl groups is 1. The molecule has 1 saturated heterocycles. The lowest BCUT2D eigenvalue weighted by Gasteiger charge is -2.21. The Kier molecular flexibility index (Phi) is 10.1. The zero-order valence-corrected chi connectivity index (χ0v) is 14.3. The summed E-state index contributed by atoms with van der Waals surface area (Å²) in [7, 11) is 0. The van der Waals surface area contributed by atoms with Gasteiger partial charge in [-0.05, 0) is 12.8 Å². The van der Waals surface area contributed by atoms with Crippen molar-refractivity contribution in [3.63, 3.8) is 0 Å². The van der Waals surface area contributed by atoms with Gasteiger partial charge in [0.1, 0.15) is 6.04 Å². The lowest BCUT2D eigenvalue weighted by molar-refractivity contribution is -0.140. The molecule has 2 atom stereocenters. The van der Waals surface area contributed by atoms with Crippen molar-refractivity contribution in [2.24, 2.45) is 0 Å². The summed E-state index contributed by atoms with van der Waals surface area (Å²) in [6, 6.07) is -1.50. The highest BCUT2D eigenvalue weighted by Crippen LogP contribution is 2.12. The van der Waals surface area contributed by atoms with Gasteiger partial charge in [-0.1, -0.05) is 44.9 Å². The molecule has 138 valence electrons. The van der Waals surface area contributed by atoms with Gasteiger partial charge in [0.2, 0.25) is 11.8 Å². The van der Waals surface area contributed by atoms with Crippen molar-refractivity contribution in [2.45, 2.75) is 82.7 Å². The monoisotopic (exact) mass is 342 g/mol. The third-order valence-electron chi connectivity index (χ3n) is 4.30. The number of rotatable bonds is 3. The first-order valence-electron chi connectivity index (χ1n) is 8.95. The molecule has 1 aliphatic rings. The Morgan fingerprint density at radius 1 is 0.958 bits per heavy atom. The van der Waals surface area contributed by atoms with E-state index in [1.165, 1.54) is 6.42 Å². The summed E-state index contributed by atoms with van der Waals surface area (Å²) in [4.78, 5) is 35.1. The quantitative estimate of drug-likeness (QED) is 0.618. The van der Waals surface area contributed by atoms with Crippen LogP contribution in [0.3, 0.4) is 0 Å². The molecule has 0 aromatic carbocycles. The minimum atomic E-state index is -1.15. The van der Waals surface area contributed by atoms with Crippen LogP contribution in [0.25, 0.3) is 0 Å². The molecule has 2 amide bonds. The zero-order chi connectivity index (χ0) is 17.8. The van der Waals surface area contributed by atoms with Crippen LogP contribution in [0, 0.1) is 0 Å². The first kappa shape index (κ1) is 20.4. The molecule has 0 spiro atoms. The van der Waals surface area contributed by atoms with Gasteiger partial charge in [-0.15, -0.1) is 0 Å². The Labute approximate surface area is 143 Å². The first-order valence-corrected chi connectivity index (χ1v) is 8.95. The maximum Gasteiger partial charge on any atom is 0.305 e. The van der Waals surface area contributed by atoms with Crippen LogP contribution in [0.4, 0.5) is 0 Å². The molecule has 0 bridgehead atoms. The van der Waals surface area contributed by atoms with E-state index in [2.05, 4.69) is 10.6 Å². The minimum absolute atomic E-state index is 0.195. The van der Waals surface area contributed by atoms with Gasteiger partial charge in [0.15, 0.2) is 0 Å². The van der Waals surface area contributed by atoms with Crippen molar-refractivity contribution < 1.29 is 24.6 Å². The minimum Gasteiger partial charge on any atom is -0.481 e. The Morgan fingerprint density at radius 3 is 2.12 bits per heavy atom. The van der Waals surface area contributed by atoms with Crippen molar-refractivity contribution >= 4 is 17.8 Å². The highest BCUT2D eigenvalue weighted by Gasteiger charge is 2.25. The number of nitrogens with one attached hydrogen (secondary N) is 2. The van der Waals surface area contributed by atoms with E-state index < -0.39 is 30.4 Å². The number of hydrogen-bond acceptors (Lipinski definition) is 4. The molecule has 4 N–H and O–H groups in total. The summed E-state index contributed by atoms with van der Waals surface area (Å²) in [5, 5.41) is 23.5. The van der Waals surface area contributed by atoms with E-state index in [0.29, 0.717) is 12.8 Å². The van der Waals surface area contributed by atoms with E-state index in [9.17, 15) is 19.5 Å². The summed E-state index contributed by atoms with van der Waals surface area (Å²) in [5.74, 6) is -1.99. The van der Waals surface area contributed by atoms with E-state index in [1.54, 1.807) is 0 Å². The Bertz CT molecular complexity index is 414. The molecule has 0 unspecified atom stereocenters. The number of carbonyl (C=O) groups excluding carboxylic acids is 2. The Balaban J connectivity index is 2.69. The molecule has 1 rings (SSSR count). The maximum atomic E-state index is 12.3. The van der Waals surface area contributed by atoms with Gasteiger partial charge >= 0.3 is 5.97 Å². The second-order valence-corrected chi connectivity index (χ2v) is 6.47. The Morgan fingerprint density at radius 2 is 1.54 bits per heavy atom. The largest absolute Gasteiger partial charge is 0.481 e. The van der Waals surface area contributed by atoms with Gasteiger partial charge in [0, 0.05) is 6.42 Å². The van der Waals surface area contributed by atoms with Crippen molar-refractivity contribution in [1.82, 2.24) is 10.6 Å². The van der Waals surface area contributed by atoms with Crippen molar-refractivity contribution in [1.29, 1.82) is 0 Å². The molecule has 0 saturated carbocycles. The smallest absolute Gasteiger partial charge is 0.305 e. The van der Waals surface area contributed by atoms with E-state index in [1.807, 2.05) is 0 Å². The molecule has 1 aliphatic heterocycles. The molecule has 0 radical (unpaired) electrons. The number of aliphatic carboxylic acids is 1. The fourth-order valence-electron chi connectivity index (χ4n) is 2.90. The van der Waals surface area contributed by atoms with Crippen LogP contribution in [0.5, 0.6) is 0 Å². The number of hydrogen-bond donors (Lipinski definition) is 4. The standard InChI is InChI=1S/C17H30N2O5/c20-12-13-9-7-5-3-1-2-4-6-8-10-15(21)19-14(11-16(22)23)17(24)18-13/h13-14,20H,1-12H2,(H,18,24)(H,19,21)(H,22,23)/t13-,14-/m0/s1. The second-order valence-electron chi connectivity index (χ2n) is 6.47. The fourth-order valence-corrected chi connectivity index (χ4v) is 2.90. The summed E-state index contributed by atoms with van der Waals surface area (Å²) in [6.45, 7) is -0.195. The summed E-state index contributed by atoms with van der Waals surface area (Å²) >= 11 is 0. The average molecular weight is 342 g/mol. The number of aliphatic hydroxyl groups excluding tert-OH is 1. The maximum absolute atomic E-state index is 12.3. The zero-order valence-electron chi connectivity index (χ0n) is 14.3. The predicted molar refractivity (Wildman–Crippen MR) is 89.4 cm³/mol. The lowest BCUT2D eigenvalue weighted by Crippen LogP contribution is -2.51. The molecule has 7 nitrogen and oxygen atoms in total. The van der Waals surface area contributed by atoms with Crippen molar-refractivity contribution in [3.8, 4) is 0 Å². The average Bonchev–Trinajstić information content (AvgIpc) is 2.53. The van der Waals surface area contributed by atoms with Crippen molar-refractivity contribution in [2.75, 3.05) is 6.61 Å². The van der Waals surface area contributed by atoms with Crippen LogP contribution in [0.2, 0.25) is 0 Å². The molecular weight excluding hydrogens is 312 g/mol. The third-order valence-corrected chi connectivity index (χ3v) is 4.30. The van der Waals surface area contributed by atoms with Crippen LogP contribution in [-0.4, -0.2) is 46.7 Å². The van der Waals surface area contributed by atoms with Gasteiger partial charge in [0.05, 0.1) is 19.1 Å². The number of carbonyl (C=O) groups is 3. The first-order chi connectivity index (χ1) is 11.5. The second kappa shape index (κ2) is 11.8. The van der Waals surface area contributed by atoms with Crippen LogP contribution in [0.1, 0.15) is 70.6 Å². The van der Waals surface area contributed by atoms with E-state index in [4.69, 9.17) is 5.11 Å². The summed E-state index contributed by atoms with van der Waals surface area (Å²) in [5.41, 5.74) is 0. The Hall–Kier alpha value is -1.63. The summed E-state index contributed by atoms with van der Waals surface area (Å²) in [6.07, 6.45) is 8.70. The topological polar surface area (TPSA) is 116 Å². The number of carboxylic acids is 1. The van der Waals surface area contributed by atoms with Crippen molar-refractivity contribution in [3.05, 3.63) is 0 Å². The highest BCUT2D eigenvalue weighted by atomic mass is 16.4. The van der Waals surface area contributed by atoms with Crippen LogP contribution < -0.4 is 10.6 Å². The molecule has 7 heteroatoms. The molecule has 1 heterocycles. The SMILES string of the molecule is O=C(O)C[C@@H]1NC(=O)CCCCCCCCCC[C@@H](CO)NC1=O. The highest BCUT2D eigenvalue weighted by molar-refractivity contribution is 5.90. The molecule has 1 fully saturated rings. The normalized spacial score (nSPS) is 25.5. The summed E-state index contributed by atoms with van der Waals surface area (Å²) < 4.78 is 0. The van der Waals surface area contributed by atoms with Gasteiger partial charge in [-0.2, -0.15) is 0 Å². The van der Waals surface area contributed by atoms with Crippen LogP contribution in [0.15, 0.2) is 0 Å². The third kappa shape index (κ3) is 8.86.